The fraction of sp³-hybridized carbons (Fsp3) is 0.476. The fourth-order valence-electron chi connectivity index (χ4n) is 5.71. The lowest BCUT2D eigenvalue weighted by molar-refractivity contribution is -0.154. The number of fused-ring (bicyclic) bond motifs is 3. The third-order valence-corrected chi connectivity index (χ3v) is 6.55. The van der Waals surface area contributed by atoms with Crippen LogP contribution < -0.4 is 0 Å². The van der Waals surface area contributed by atoms with Crippen molar-refractivity contribution in [2.24, 2.45) is 5.92 Å². The number of nitrogens with zero attached hydrogens (tertiary/aromatic N) is 1. The highest BCUT2D eigenvalue weighted by Gasteiger charge is 2.60. The summed E-state index contributed by atoms with van der Waals surface area (Å²) in [6.45, 7) is 4.28. The van der Waals surface area contributed by atoms with Crippen LogP contribution in [0.15, 0.2) is 35.9 Å². The zero-order chi connectivity index (χ0) is 21.7. The number of hydrogen-bond acceptors (Lipinski definition) is 5. The minimum absolute atomic E-state index is 0.0824. The summed E-state index contributed by atoms with van der Waals surface area (Å²) in [4.78, 5) is 19.4. The molecule has 1 aromatic carbocycles. The van der Waals surface area contributed by atoms with Crippen molar-refractivity contribution in [1.82, 2.24) is 9.88 Å². The third kappa shape index (κ3) is 3.35. The number of nitrogens with one attached hydrogen (secondary N) is 1. The summed E-state index contributed by atoms with van der Waals surface area (Å²) >= 11 is 0. The molecule has 0 spiro atoms. The molecular weight excluding hydrogens is 408 g/mol. The number of benzene rings is 1. The number of carbonyl (C=O) groups is 1. The van der Waals surface area contributed by atoms with Gasteiger partial charge in [0.2, 0.25) is 0 Å². The number of methoxy groups -OCH3 is 1. The first kappa shape index (κ1) is 21.0. The van der Waals surface area contributed by atoms with Crippen LogP contribution >= 0.6 is 0 Å². The van der Waals surface area contributed by atoms with Gasteiger partial charge in [-0.05, 0) is 36.8 Å². The van der Waals surface area contributed by atoms with Crippen molar-refractivity contribution in [1.29, 1.82) is 0 Å². The summed E-state index contributed by atoms with van der Waals surface area (Å²) in [5, 5.41) is 1.26. The van der Waals surface area contributed by atoms with Gasteiger partial charge in [0.05, 0.1) is 13.2 Å². The Morgan fingerprint density at radius 2 is 2.03 bits per heavy atom. The lowest BCUT2D eigenvalue weighted by Crippen LogP contribution is -2.63. The van der Waals surface area contributed by atoms with Crippen LogP contribution in [0, 0.1) is 5.92 Å². The lowest BCUT2D eigenvalue weighted by Gasteiger charge is -2.53. The van der Waals surface area contributed by atoms with E-state index in [1.54, 1.807) is 0 Å². The second-order valence-corrected chi connectivity index (χ2v) is 9.04. The Balaban J connectivity index is 0.000000393. The molecule has 4 heterocycles. The van der Waals surface area contributed by atoms with Crippen LogP contribution in [0.4, 0.5) is 0 Å². The highest BCUT2D eigenvalue weighted by Crippen LogP contribution is 2.53. The molecule has 0 amide bonds. The number of rotatable bonds is 2. The van der Waals surface area contributed by atoms with Gasteiger partial charge in [0.25, 0.3) is 0 Å². The molecule has 9 heteroatoms. The van der Waals surface area contributed by atoms with Crippen molar-refractivity contribution >= 4 is 27.3 Å². The maximum absolute atomic E-state index is 13.2. The van der Waals surface area contributed by atoms with Crippen LogP contribution in [0.2, 0.25) is 0 Å². The fourth-order valence-corrected chi connectivity index (χ4v) is 5.71. The maximum Gasteiger partial charge on any atom is 0.394 e. The van der Waals surface area contributed by atoms with E-state index in [2.05, 4.69) is 47.1 Å². The molecule has 2 aromatic rings. The van der Waals surface area contributed by atoms with E-state index >= 15 is 0 Å². The number of para-hydroxylation sites is 1. The van der Waals surface area contributed by atoms with E-state index in [0.717, 1.165) is 43.6 Å². The predicted molar refractivity (Wildman–Crippen MR) is 112 cm³/mol. The minimum atomic E-state index is -4.67. The maximum atomic E-state index is 13.2. The quantitative estimate of drug-likeness (QED) is 0.377. The minimum Gasteiger partial charge on any atom is -0.468 e. The van der Waals surface area contributed by atoms with Gasteiger partial charge in [-0.15, -0.1) is 0 Å². The number of piperidine rings is 1. The monoisotopic (exact) mass is 434 g/mol. The van der Waals surface area contributed by atoms with Gasteiger partial charge in [-0.25, -0.2) is 0 Å². The second-order valence-electron chi connectivity index (χ2n) is 8.14. The molecule has 30 heavy (non-hydrogen) atoms. The van der Waals surface area contributed by atoms with Crippen molar-refractivity contribution < 1.29 is 27.1 Å². The molecular formula is C21H26N2O6S. The smallest absolute Gasteiger partial charge is 0.394 e. The Hall–Kier alpha value is -2.20. The molecule has 1 unspecified atom stereocenters. The number of hydrogen-bond donors (Lipinski definition) is 3. The average Bonchev–Trinajstić information content (AvgIpc) is 3.04. The van der Waals surface area contributed by atoms with Gasteiger partial charge in [0.15, 0.2) is 0 Å². The summed E-state index contributed by atoms with van der Waals surface area (Å²) < 4.78 is 37.0. The lowest BCUT2D eigenvalue weighted by atomic mass is 9.60. The highest BCUT2D eigenvalue weighted by molar-refractivity contribution is 7.79. The molecule has 4 aliphatic rings. The topological polar surface area (TPSA) is 120 Å². The zero-order valence-electron chi connectivity index (χ0n) is 17.0. The molecule has 4 atom stereocenters. The summed E-state index contributed by atoms with van der Waals surface area (Å²) in [6.07, 6.45) is 5.25. The zero-order valence-corrected chi connectivity index (χ0v) is 17.8. The van der Waals surface area contributed by atoms with Gasteiger partial charge < -0.3 is 9.72 Å². The SMILES string of the molecule is CCC1=C[C@H]2CN3CCc4c([nH]c5ccccc45)[C@](C(=O)OC)(C2)[C@H]13.O=S(=O)(O)O. The summed E-state index contributed by atoms with van der Waals surface area (Å²) in [7, 11) is -3.13. The Morgan fingerprint density at radius 3 is 2.70 bits per heavy atom. The van der Waals surface area contributed by atoms with E-state index in [1.165, 1.54) is 23.6 Å². The first-order valence-corrected chi connectivity index (χ1v) is 11.4. The van der Waals surface area contributed by atoms with E-state index in [4.69, 9.17) is 22.3 Å². The Bertz CT molecular complexity index is 1110. The molecule has 1 aliphatic carbocycles. The van der Waals surface area contributed by atoms with Gasteiger partial charge >= 0.3 is 16.4 Å². The number of aromatic amines is 1. The first-order chi connectivity index (χ1) is 14.2. The molecule has 0 saturated carbocycles. The van der Waals surface area contributed by atoms with Crippen LogP contribution in [-0.4, -0.2) is 59.6 Å². The van der Waals surface area contributed by atoms with Crippen LogP contribution in [-0.2, 0) is 31.8 Å². The number of aromatic nitrogens is 1. The molecule has 1 fully saturated rings. The van der Waals surface area contributed by atoms with Crippen molar-refractivity contribution in [3.8, 4) is 0 Å². The number of carbonyl (C=O) groups excluding carboxylic acids is 1. The summed E-state index contributed by atoms with van der Waals surface area (Å²) in [6, 6.07) is 8.56. The molecule has 1 aromatic heterocycles. The molecule has 1 saturated heterocycles. The van der Waals surface area contributed by atoms with E-state index in [0.29, 0.717) is 5.92 Å². The molecule has 162 valence electrons. The van der Waals surface area contributed by atoms with Gasteiger partial charge in [0, 0.05) is 29.7 Å². The van der Waals surface area contributed by atoms with E-state index < -0.39 is 15.8 Å². The third-order valence-electron chi connectivity index (χ3n) is 6.55. The summed E-state index contributed by atoms with van der Waals surface area (Å²) in [5.41, 5.74) is 4.36. The Labute approximate surface area is 175 Å². The first-order valence-electron chi connectivity index (χ1n) is 10.0. The Morgan fingerprint density at radius 1 is 1.33 bits per heavy atom. The largest absolute Gasteiger partial charge is 0.468 e. The van der Waals surface area contributed by atoms with Crippen molar-refractivity contribution in [3.63, 3.8) is 0 Å². The van der Waals surface area contributed by atoms with Gasteiger partial charge in [-0.1, -0.05) is 36.8 Å². The number of ether oxygens (including phenoxy) is 1. The van der Waals surface area contributed by atoms with Gasteiger partial charge in [-0.2, -0.15) is 8.42 Å². The van der Waals surface area contributed by atoms with Crippen molar-refractivity contribution in [3.05, 3.63) is 47.2 Å². The molecule has 6 rings (SSSR count). The Kier molecular flexibility index (Phi) is 5.26. The highest BCUT2D eigenvalue weighted by atomic mass is 32.3. The van der Waals surface area contributed by atoms with Crippen LogP contribution in [0.3, 0.4) is 0 Å². The number of esters is 1. The van der Waals surface area contributed by atoms with Crippen molar-refractivity contribution in [2.75, 3.05) is 20.2 Å². The molecule has 3 N–H and O–H groups in total. The van der Waals surface area contributed by atoms with Crippen LogP contribution in [0.5, 0.6) is 0 Å². The molecule has 0 radical (unpaired) electrons. The summed E-state index contributed by atoms with van der Waals surface area (Å²) in [5.74, 6) is 0.345. The van der Waals surface area contributed by atoms with Gasteiger partial charge in [0.1, 0.15) is 5.41 Å². The van der Waals surface area contributed by atoms with Crippen LogP contribution in [0.25, 0.3) is 10.9 Å². The predicted octanol–water partition coefficient (Wildman–Crippen LogP) is 2.52. The molecule has 8 nitrogen and oxygen atoms in total. The van der Waals surface area contributed by atoms with Crippen LogP contribution in [0.1, 0.15) is 31.0 Å². The standard InChI is InChI=1S/C21H24N2O2.H2O4S/c1-3-14-10-13-11-21(20(24)25-2)18-16(8-9-23(12-13)19(14)21)15-6-4-5-7-17(15)22-18;1-5(2,3)4/h4-7,10,13,19,22H,3,8-9,11-12H2,1-2H3;(H2,1,2,3,4)/t13-,19+,21-;/m1./s1. The normalized spacial score (nSPS) is 29.3. The number of H-pyrrole nitrogens is 1. The average molecular weight is 435 g/mol. The second kappa shape index (κ2) is 7.49. The van der Waals surface area contributed by atoms with E-state index in [9.17, 15) is 4.79 Å². The van der Waals surface area contributed by atoms with E-state index in [1.807, 2.05) is 0 Å². The molecule has 3 aliphatic heterocycles. The van der Waals surface area contributed by atoms with E-state index in [-0.39, 0.29) is 12.0 Å². The van der Waals surface area contributed by atoms with Gasteiger partial charge in [-0.3, -0.25) is 18.8 Å². The van der Waals surface area contributed by atoms with Crippen molar-refractivity contribution in [2.45, 2.75) is 37.6 Å². The molecule has 4 bridgehead atoms.